The van der Waals surface area contributed by atoms with Crippen LogP contribution >= 0.6 is 11.6 Å². The van der Waals surface area contributed by atoms with Gasteiger partial charge in [-0.2, -0.15) is 5.10 Å². The van der Waals surface area contributed by atoms with Crippen molar-refractivity contribution >= 4 is 17.6 Å². The van der Waals surface area contributed by atoms with E-state index in [0.717, 1.165) is 5.56 Å². The molecule has 3 rings (SSSR count). The molecule has 0 aliphatic heterocycles. The van der Waals surface area contributed by atoms with Crippen LogP contribution in [0.5, 0.6) is 0 Å². The topological polar surface area (TPSA) is 64.4 Å². The van der Waals surface area contributed by atoms with Crippen LogP contribution in [0.15, 0.2) is 54.6 Å². The highest BCUT2D eigenvalue weighted by Crippen LogP contribution is 2.37. The number of hydrogen-bond donors (Lipinski definition) is 1. The molecule has 0 saturated heterocycles. The summed E-state index contributed by atoms with van der Waals surface area (Å²) in [5.41, 5.74) is 2.62. The van der Waals surface area contributed by atoms with Gasteiger partial charge in [0.05, 0.1) is 16.3 Å². The number of carboxylic acid groups (broad SMARTS) is 1. The summed E-state index contributed by atoms with van der Waals surface area (Å²) in [4.78, 5) is 11.5. The number of hydrogen-bond acceptors (Lipinski definition) is 3. The summed E-state index contributed by atoms with van der Waals surface area (Å²) in [6.07, 6.45) is 0. The Morgan fingerprint density at radius 3 is 2.50 bits per heavy atom. The average molecular weight is 343 g/mol. The van der Waals surface area contributed by atoms with Crippen molar-refractivity contribution in [3.63, 3.8) is 0 Å². The predicted molar refractivity (Wildman–Crippen MR) is 92.1 cm³/mol. The van der Waals surface area contributed by atoms with E-state index in [1.807, 2.05) is 30.3 Å². The molecule has 122 valence electrons. The van der Waals surface area contributed by atoms with Gasteiger partial charge in [-0.3, -0.25) is 0 Å². The number of halogens is 1. The summed E-state index contributed by atoms with van der Waals surface area (Å²) in [5, 5.41) is 14.3. The van der Waals surface area contributed by atoms with Gasteiger partial charge in [-0.1, -0.05) is 60.1 Å². The smallest absolute Gasteiger partial charge is 0.336 e. The van der Waals surface area contributed by atoms with E-state index in [0.29, 0.717) is 22.0 Å². The van der Waals surface area contributed by atoms with E-state index in [9.17, 15) is 9.90 Å². The van der Waals surface area contributed by atoms with Gasteiger partial charge in [-0.05, 0) is 6.07 Å². The summed E-state index contributed by atoms with van der Waals surface area (Å²) >= 11 is 6.58. The van der Waals surface area contributed by atoms with Crippen LogP contribution in [-0.2, 0) is 11.5 Å². The molecule has 0 spiro atoms. The maximum absolute atomic E-state index is 11.5. The van der Waals surface area contributed by atoms with E-state index in [1.165, 1.54) is 6.07 Å². The fourth-order valence-corrected chi connectivity index (χ4v) is 2.92. The summed E-state index contributed by atoms with van der Waals surface area (Å²) in [6.45, 7) is 0.208. The number of aromatic carboxylic acids is 1. The van der Waals surface area contributed by atoms with Gasteiger partial charge in [0.2, 0.25) is 0 Å². The lowest BCUT2D eigenvalue weighted by atomic mass is 10.0. The Labute approximate surface area is 144 Å². The Hall–Kier alpha value is -2.63. The third kappa shape index (κ3) is 2.91. The zero-order valence-corrected chi connectivity index (χ0v) is 13.7. The zero-order chi connectivity index (χ0) is 17.1. The lowest BCUT2D eigenvalue weighted by Crippen LogP contribution is -2.04. The number of methoxy groups -OCH3 is 1. The Morgan fingerprint density at radius 1 is 1.17 bits per heavy atom. The highest BCUT2D eigenvalue weighted by atomic mass is 35.5. The van der Waals surface area contributed by atoms with Gasteiger partial charge in [0.1, 0.15) is 12.4 Å². The van der Waals surface area contributed by atoms with Crippen molar-refractivity contribution in [2.24, 2.45) is 0 Å². The first-order chi connectivity index (χ1) is 11.6. The Bertz CT molecular complexity index is 875. The second-order valence-electron chi connectivity index (χ2n) is 5.15. The maximum Gasteiger partial charge on any atom is 0.336 e. The van der Waals surface area contributed by atoms with Gasteiger partial charge >= 0.3 is 5.97 Å². The lowest BCUT2D eigenvalue weighted by Gasteiger charge is -2.06. The van der Waals surface area contributed by atoms with Crippen molar-refractivity contribution in [3.05, 3.63) is 65.2 Å². The summed E-state index contributed by atoms with van der Waals surface area (Å²) in [5.74, 6) is -1.02. The molecule has 0 bridgehead atoms. The van der Waals surface area contributed by atoms with Crippen molar-refractivity contribution in [1.29, 1.82) is 0 Å². The number of nitrogens with zero attached hydrogens (tertiary/aromatic N) is 2. The maximum atomic E-state index is 11.5. The molecule has 24 heavy (non-hydrogen) atoms. The molecular weight excluding hydrogens is 328 g/mol. The zero-order valence-electron chi connectivity index (χ0n) is 12.9. The molecule has 2 aromatic carbocycles. The van der Waals surface area contributed by atoms with Crippen LogP contribution in [0.2, 0.25) is 5.02 Å². The van der Waals surface area contributed by atoms with E-state index in [4.69, 9.17) is 16.3 Å². The van der Waals surface area contributed by atoms with Crippen LogP contribution in [-0.4, -0.2) is 28.0 Å². The van der Waals surface area contributed by atoms with E-state index < -0.39 is 5.97 Å². The number of benzene rings is 2. The minimum atomic E-state index is -1.02. The third-order valence-corrected chi connectivity index (χ3v) is 3.96. The predicted octanol–water partition coefficient (Wildman–Crippen LogP) is 4.17. The molecule has 0 saturated carbocycles. The number of carbonyl (C=O) groups is 1. The van der Waals surface area contributed by atoms with Crippen LogP contribution in [0.25, 0.3) is 22.5 Å². The van der Waals surface area contributed by atoms with E-state index >= 15 is 0 Å². The third-order valence-electron chi connectivity index (χ3n) is 3.61. The molecule has 0 atom stereocenters. The van der Waals surface area contributed by atoms with Crippen LogP contribution in [0.1, 0.15) is 10.4 Å². The second-order valence-corrected chi connectivity index (χ2v) is 5.52. The van der Waals surface area contributed by atoms with Gasteiger partial charge in [-0.15, -0.1) is 0 Å². The van der Waals surface area contributed by atoms with Crippen LogP contribution in [0.3, 0.4) is 0 Å². The molecule has 0 fully saturated rings. The van der Waals surface area contributed by atoms with Crippen LogP contribution < -0.4 is 0 Å². The molecule has 5 nitrogen and oxygen atoms in total. The summed E-state index contributed by atoms with van der Waals surface area (Å²) in [7, 11) is 1.56. The molecule has 1 N–H and O–H groups in total. The summed E-state index contributed by atoms with van der Waals surface area (Å²) in [6, 6.07) is 16.2. The van der Waals surface area contributed by atoms with Crippen LogP contribution in [0, 0.1) is 0 Å². The molecule has 3 aromatic rings. The molecule has 0 unspecified atom stereocenters. The highest BCUT2D eigenvalue weighted by molar-refractivity contribution is 6.35. The normalized spacial score (nSPS) is 10.8. The van der Waals surface area contributed by atoms with E-state index in [-0.39, 0.29) is 12.3 Å². The molecule has 1 heterocycles. The van der Waals surface area contributed by atoms with Gasteiger partial charge in [0.15, 0.2) is 0 Å². The molecule has 0 radical (unpaired) electrons. The quantitative estimate of drug-likeness (QED) is 0.755. The van der Waals surface area contributed by atoms with Crippen molar-refractivity contribution in [3.8, 4) is 22.5 Å². The largest absolute Gasteiger partial charge is 0.478 e. The highest BCUT2D eigenvalue weighted by Gasteiger charge is 2.22. The number of carboxylic acids is 1. The SMILES string of the molecule is COCn1nc(-c2ccccc2C(=O)O)c(Cl)c1-c1ccccc1. The van der Waals surface area contributed by atoms with Gasteiger partial charge < -0.3 is 9.84 Å². The Balaban J connectivity index is 2.23. The molecule has 0 aliphatic carbocycles. The van der Waals surface area contributed by atoms with Gasteiger partial charge in [-0.25, -0.2) is 9.48 Å². The van der Waals surface area contributed by atoms with Gasteiger partial charge in [0.25, 0.3) is 0 Å². The molecule has 0 amide bonds. The first-order valence-corrected chi connectivity index (χ1v) is 7.64. The van der Waals surface area contributed by atoms with Gasteiger partial charge in [0, 0.05) is 18.2 Å². The number of rotatable bonds is 5. The fraction of sp³-hybridized carbons (Fsp3) is 0.111. The average Bonchev–Trinajstić information content (AvgIpc) is 2.92. The minimum absolute atomic E-state index is 0.154. The minimum Gasteiger partial charge on any atom is -0.478 e. The summed E-state index contributed by atoms with van der Waals surface area (Å²) < 4.78 is 6.83. The number of ether oxygens (including phenoxy) is 1. The molecule has 6 heteroatoms. The first kappa shape index (κ1) is 16.2. The monoisotopic (exact) mass is 342 g/mol. The molecule has 0 aliphatic rings. The standard InChI is InChI=1S/C18H15ClN2O3/c1-24-11-21-17(12-7-3-2-4-8-12)15(19)16(20-21)13-9-5-6-10-14(13)18(22)23/h2-10H,11H2,1H3,(H,22,23). The first-order valence-electron chi connectivity index (χ1n) is 7.27. The van der Waals surface area contributed by atoms with Crippen LogP contribution in [0.4, 0.5) is 0 Å². The van der Waals surface area contributed by atoms with E-state index in [1.54, 1.807) is 30.0 Å². The Morgan fingerprint density at radius 2 is 1.83 bits per heavy atom. The molecular formula is C18H15ClN2O3. The molecule has 1 aromatic heterocycles. The van der Waals surface area contributed by atoms with Crippen molar-refractivity contribution in [1.82, 2.24) is 9.78 Å². The van der Waals surface area contributed by atoms with Crippen molar-refractivity contribution in [2.45, 2.75) is 6.73 Å². The van der Waals surface area contributed by atoms with E-state index in [2.05, 4.69) is 5.10 Å². The fourth-order valence-electron chi connectivity index (χ4n) is 2.58. The number of aromatic nitrogens is 2. The lowest BCUT2D eigenvalue weighted by molar-refractivity contribution is 0.0697. The second kappa shape index (κ2) is 6.86. The van der Waals surface area contributed by atoms with Crippen molar-refractivity contribution < 1.29 is 14.6 Å². The van der Waals surface area contributed by atoms with Crippen molar-refractivity contribution in [2.75, 3.05) is 7.11 Å². The Kier molecular flexibility index (Phi) is 4.64.